The maximum absolute atomic E-state index is 12.0. The van der Waals surface area contributed by atoms with Crippen LogP contribution in [0.1, 0.15) is 31.3 Å². The molecular weight excluding hydrogens is 264 g/mol. The summed E-state index contributed by atoms with van der Waals surface area (Å²) >= 11 is 3.14. The predicted molar refractivity (Wildman–Crippen MR) is 77.2 cm³/mol. The minimum absolute atomic E-state index is 0.0890. The van der Waals surface area contributed by atoms with E-state index in [1.165, 1.54) is 11.3 Å². The molecule has 0 aliphatic heterocycles. The van der Waals surface area contributed by atoms with Crippen LogP contribution < -0.4 is 5.32 Å². The van der Waals surface area contributed by atoms with Crippen molar-refractivity contribution in [3.05, 3.63) is 27.9 Å². The van der Waals surface area contributed by atoms with Crippen LogP contribution in [0.15, 0.2) is 22.2 Å². The Morgan fingerprint density at radius 3 is 2.72 bits per heavy atom. The number of nitrogens with zero attached hydrogens (tertiary/aromatic N) is 1. The second-order valence-electron chi connectivity index (χ2n) is 4.56. The zero-order chi connectivity index (χ0) is 13.1. The van der Waals surface area contributed by atoms with Crippen molar-refractivity contribution in [1.29, 1.82) is 0 Å². The number of amides is 1. The summed E-state index contributed by atoms with van der Waals surface area (Å²) in [5, 5.41) is 9.73. The van der Waals surface area contributed by atoms with Crippen LogP contribution in [-0.2, 0) is 0 Å². The molecule has 2 rings (SSSR count). The first-order valence-corrected chi connectivity index (χ1v) is 7.69. The summed E-state index contributed by atoms with van der Waals surface area (Å²) in [6.07, 6.45) is 0. The standard InChI is InChI=1S/C13H16N2OS2/c1-8(2)9(3)14-12(16)11-7-18-13(15-11)10-4-5-17-6-10/h4-9H,1-3H3,(H,14,16). The van der Waals surface area contributed by atoms with E-state index in [-0.39, 0.29) is 11.9 Å². The van der Waals surface area contributed by atoms with Gasteiger partial charge in [-0.05, 0) is 24.3 Å². The normalized spacial score (nSPS) is 12.7. The van der Waals surface area contributed by atoms with Gasteiger partial charge in [-0.15, -0.1) is 11.3 Å². The molecule has 96 valence electrons. The highest BCUT2D eigenvalue weighted by atomic mass is 32.1. The summed E-state index contributed by atoms with van der Waals surface area (Å²) in [4.78, 5) is 16.4. The Bertz CT molecular complexity index is 517. The van der Waals surface area contributed by atoms with Gasteiger partial charge in [-0.2, -0.15) is 11.3 Å². The Labute approximate surface area is 115 Å². The molecule has 0 aromatic carbocycles. The van der Waals surface area contributed by atoms with Crippen LogP contribution in [0.2, 0.25) is 0 Å². The second kappa shape index (κ2) is 5.63. The van der Waals surface area contributed by atoms with Crippen molar-refractivity contribution in [2.75, 3.05) is 0 Å². The molecular formula is C13H16N2OS2. The SMILES string of the molecule is CC(C)C(C)NC(=O)c1csc(-c2ccsc2)n1. The van der Waals surface area contributed by atoms with Crippen molar-refractivity contribution in [1.82, 2.24) is 10.3 Å². The quantitative estimate of drug-likeness (QED) is 0.929. The predicted octanol–water partition coefficient (Wildman–Crippen LogP) is 3.65. The number of nitrogens with one attached hydrogen (secondary N) is 1. The number of hydrogen-bond donors (Lipinski definition) is 1. The molecule has 0 saturated heterocycles. The van der Waals surface area contributed by atoms with Crippen LogP contribution in [0.3, 0.4) is 0 Å². The number of carbonyl (C=O) groups excluding carboxylic acids is 1. The number of hydrogen-bond acceptors (Lipinski definition) is 4. The van der Waals surface area contributed by atoms with Crippen molar-refractivity contribution in [3.63, 3.8) is 0 Å². The molecule has 2 heterocycles. The summed E-state index contributed by atoms with van der Waals surface area (Å²) in [6, 6.07) is 2.17. The van der Waals surface area contributed by atoms with Crippen molar-refractivity contribution in [3.8, 4) is 10.6 Å². The van der Waals surface area contributed by atoms with Gasteiger partial charge >= 0.3 is 0 Å². The van der Waals surface area contributed by atoms with Crippen LogP contribution >= 0.6 is 22.7 Å². The van der Waals surface area contributed by atoms with Gasteiger partial charge in [0.1, 0.15) is 10.7 Å². The highest BCUT2D eigenvalue weighted by molar-refractivity contribution is 7.14. The molecule has 0 bridgehead atoms. The zero-order valence-corrected chi connectivity index (χ0v) is 12.3. The largest absolute Gasteiger partial charge is 0.348 e. The van der Waals surface area contributed by atoms with Gasteiger partial charge in [0.15, 0.2) is 0 Å². The van der Waals surface area contributed by atoms with E-state index in [1.54, 1.807) is 11.3 Å². The average molecular weight is 280 g/mol. The number of aromatic nitrogens is 1. The number of thiazole rings is 1. The van der Waals surface area contributed by atoms with Crippen molar-refractivity contribution in [2.24, 2.45) is 5.92 Å². The topological polar surface area (TPSA) is 42.0 Å². The first-order chi connectivity index (χ1) is 8.58. The van der Waals surface area contributed by atoms with Crippen molar-refractivity contribution in [2.45, 2.75) is 26.8 Å². The van der Waals surface area contributed by atoms with Crippen LogP contribution in [-0.4, -0.2) is 16.9 Å². The van der Waals surface area contributed by atoms with Gasteiger partial charge in [0.2, 0.25) is 0 Å². The Balaban J connectivity index is 2.08. The highest BCUT2D eigenvalue weighted by Crippen LogP contribution is 2.25. The van der Waals surface area contributed by atoms with Gasteiger partial charge in [0.05, 0.1) is 0 Å². The third-order valence-corrected chi connectivity index (χ3v) is 4.44. The third-order valence-electron chi connectivity index (χ3n) is 2.86. The highest BCUT2D eigenvalue weighted by Gasteiger charge is 2.15. The van der Waals surface area contributed by atoms with E-state index in [9.17, 15) is 4.79 Å². The Morgan fingerprint density at radius 1 is 1.33 bits per heavy atom. The van der Waals surface area contributed by atoms with E-state index in [2.05, 4.69) is 24.1 Å². The molecule has 1 N–H and O–H groups in total. The maximum atomic E-state index is 12.0. The summed E-state index contributed by atoms with van der Waals surface area (Å²) in [7, 11) is 0. The Hall–Kier alpha value is -1.20. The molecule has 3 nitrogen and oxygen atoms in total. The molecule has 0 fully saturated rings. The fourth-order valence-electron chi connectivity index (χ4n) is 1.34. The van der Waals surface area contributed by atoms with Gasteiger partial charge in [-0.3, -0.25) is 4.79 Å². The van der Waals surface area contributed by atoms with E-state index in [1.807, 2.05) is 29.1 Å². The van der Waals surface area contributed by atoms with Gasteiger partial charge in [0, 0.05) is 22.4 Å². The smallest absolute Gasteiger partial charge is 0.270 e. The van der Waals surface area contributed by atoms with Crippen LogP contribution in [0, 0.1) is 5.92 Å². The summed E-state index contributed by atoms with van der Waals surface area (Å²) in [5.41, 5.74) is 1.59. The van der Waals surface area contributed by atoms with E-state index >= 15 is 0 Å². The number of thiophene rings is 1. The lowest BCUT2D eigenvalue weighted by atomic mass is 10.1. The molecule has 5 heteroatoms. The molecule has 18 heavy (non-hydrogen) atoms. The molecule has 0 aliphatic rings. The Morgan fingerprint density at radius 2 is 2.11 bits per heavy atom. The van der Waals surface area contributed by atoms with E-state index in [4.69, 9.17) is 0 Å². The summed E-state index contributed by atoms with van der Waals surface area (Å²) in [5.74, 6) is 0.331. The lowest BCUT2D eigenvalue weighted by Crippen LogP contribution is -2.36. The Kier molecular flexibility index (Phi) is 4.14. The average Bonchev–Trinajstić information content (AvgIpc) is 2.99. The first kappa shape index (κ1) is 13.2. The maximum Gasteiger partial charge on any atom is 0.270 e. The third kappa shape index (κ3) is 2.97. The molecule has 2 aromatic rings. The minimum Gasteiger partial charge on any atom is -0.348 e. The van der Waals surface area contributed by atoms with Gasteiger partial charge < -0.3 is 5.32 Å². The first-order valence-electron chi connectivity index (χ1n) is 5.87. The summed E-state index contributed by atoms with van der Waals surface area (Å²) in [6.45, 7) is 6.18. The molecule has 2 aromatic heterocycles. The lowest BCUT2D eigenvalue weighted by Gasteiger charge is -2.16. The monoisotopic (exact) mass is 280 g/mol. The van der Waals surface area contributed by atoms with Gasteiger partial charge in [-0.25, -0.2) is 4.98 Å². The molecule has 1 amide bonds. The molecule has 1 atom stereocenters. The fraction of sp³-hybridized carbons (Fsp3) is 0.385. The molecule has 0 aliphatic carbocycles. The lowest BCUT2D eigenvalue weighted by molar-refractivity contribution is 0.0926. The molecule has 0 radical (unpaired) electrons. The second-order valence-corrected chi connectivity index (χ2v) is 6.19. The van der Waals surface area contributed by atoms with Crippen molar-refractivity contribution >= 4 is 28.6 Å². The van der Waals surface area contributed by atoms with E-state index in [0.717, 1.165) is 10.6 Å². The van der Waals surface area contributed by atoms with E-state index in [0.29, 0.717) is 11.6 Å². The van der Waals surface area contributed by atoms with Gasteiger partial charge in [0.25, 0.3) is 5.91 Å². The van der Waals surface area contributed by atoms with Crippen LogP contribution in [0.4, 0.5) is 0 Å². The van der Waals surface area contributed by atoms with E-state index < -0.39 is 0 Å². The van der Waals surface area contributed by atoms with Gasteiger partial charge in [-0.1, -0.05) is 13.8 Å². The number of carbonyl (C=O) groups is 1. The molecule has 0 spiro atoms. The zero-order valence-electron chi connectivity index (χ0n) is 10.6. The molecule has 1 unspecified atom stereocenters. The van der Waals surface area contributed by atoms with Crippen LogP contribution in [0.25, 0.3) is 10.6 Å². The van der Waals surface area contributed by atoms with Crippen LogP contribution in [0.5, 0.6) is 0 Å². The number of rotatable bonds is 4. The minimum atomic E-state index is -0.0890. The fourth-order valence-corrected chi connectivity index (χ4v) is 2.86. The summed E-state index contributed by atoms with van der Waals surface area (Å²) < 4.78 is 0. The van der Waals surface area contributed by atoms with Crippen molar-refractivity contribution < 1.29 is 4.79 Å². The molecule has 0 saturated carbocycles.